The van der Waals surface area contributed by atoms with Crippen LogP contribution in [0.3, 0.4) is 0 Å². The average molecular weight is 455 g/mol. The first-order valence-corrected chi connectivity index (χ1v) is 11.1. The van der Waals surface area contributed by atoms with Gasteiger partial charge in [-0.3, -0.25) is 9.59 Å². The van der Waals surface area contributed by atoms with Crippen LogP contribution in [0.1, 0.15) is 33.8 Å². The molecule has 0 fully saturated rings. The maximum Gasteiger partial charge on any atom is 0.316 e. The molecule has 5 nitrogen and oxygen atoms in total. The van der Waals surface area contributed by atoms with Gasteiger partial charge in [-0.25, -0.2) is 0 Å². The number of carboxylic acids is 1. The number of carbonyl (C=O) groups excluding carboxylic acids is 1. The highest BCUT2D eigenvalue weighted by atomic mass is 35.5. The minimum atomic E-state index is -0.865. The number of thioether (sulfide) groups is 1. The smallest absolute Gasteiger partial charge is 0.316 e. The van der Waals surface area contributed by atoms with Crippen molar-refractivity contribution in [1.29, 1.82) is 0 Å². The Labute approximate surface area is 179 Å². The normalized spacial score (nSPS) is 19.5. The van der Waals surface area contributed by atoms with E-state index in [1.54, 1.807) is 13.0 Å². The summed E-state index contributed by atoms with van der Waals surface area (Å²) in [5.74, 6) is -1.11. The number of nitrogens with one attached hydrogen (secondary N) is 2. The van der Waals surface area contributed by atoms with E-state index in [0.29, 0.717) is 27.0 Å². The number of aliphatic carboxylic acids is 1. The third kappa shape index (κ3) is 3.52. The van der Waals surface area contributed by atoms with E-state index < -0.39 is 11.2 Å². The van der Waals surface area contributed by atoms with Crippen molar-refractivity contribution in [3.05, 3.63) is 56.5 Å². The second kappa shape index (κ2) is 7.63. The summed E-state index contributed by atoms with van der Waals surface area (Å²) in [6, 6.07) is 9.45. The molecular formula is C19H16Cl2N2O3S2. The number of aromatic nitrogens is 1. The van der Waals surface area contributed by atoms with E-state index in [4.69, 9.17) is 23.2 Å². The molecule has 2 aromatic heterocycles. The molecule has 0 unspecified atom stereocenters. The van der Waals surface area contributed by atoms with Crippen molar-refractivity contribution in [2.24, 2.45) is 0 Å². The van der Waals surface area contributed by atoms with E-state index in [9.17, 15) is 14.7 Å². The Morgan fingerprint density at radius 1 is 1.36 bits per heavy atom. The Balaban J connectivity index is 1.57. The second-order valence-corrected chi connectivity index (χ2v) is 10.2. The summed E-state index contributed by atoms with van der Waals surface area (Å²) in [4.78, 5) is 27.2. The fraction of sp³-hybridized carbons (Fsp3) is 0.263. The molecule has 9 heteroatoms. The number of carbonyl (C=O) groups is 2. The van der Waals surface area contributed by atoms with Gasteiger partial charge in [0.2, 0.25) is 0 Å². The zero-order valence-electron chi connectivity index (χ0n) is 14.7. The first-order valence-electron chi connectivity index (χ1n) is 8.58. The molecule has 3 aromatic rings. The molecule has 1 aromatic carbocycles. The van der Waals surface area contributed by atoms with Crippen LogP contribution < -0.4 is 5.32 Å². The van der Waals surface area contributed by atoms with Crippen LogP contribution in [0.15, 0.2) is 30.3 Å². The number of rotatable bonds is 5. The maximum absolute atomic E-state index is 12.8. The van der Waals surface area contributed by atoms with E-state index in [-0.39, 0.29) is 17.2 Å². The van der Waals surface area contributed by atoms with Crippen LogP contribution >= 0.6 is 46.3 Å². The SMILES string of the molecule is C[C@@H](S[C@@H]1c2ccccc2C[C@H]1NC(=O)c1cc2sc(Cl)c(Cl)c2[nH]1)C(=O)O. The lowest BCUT2D eigenvalue weighted by Gasteiger charge is -2.23. The fourth-order valence-electron chi connectivity index (χ4n) is 3.42. The molecule has 0 saturated carbocycles. The molecule has 0 aliphatic heterocycles. The number of H-pyrrole nitrogens is 1. The molecule has 2 heterocycles. The van der Waals surface area contributed by atoms with Crippen molar-refractivity contribution < 1.29 is 14.7 Å². The summed E-state index contributed by atoms with van der Waals surface area (Å²) in [6.07, 6.45) is 0.660. The van der Waals surface area contributed by atoms with Gasteiger partial charge in [0, 0.05) is 6.04 Å². The molecular weight excluding hydrogens is 439 g/mol. The predicted molar refractivity (Wildman–Crippen MR) is 115 cm³/mol. The van der Waals surface area contributed by atoms with Crippen molar-refractivity contribution in [1.82, 2.24) is 10.3 Å². The number of carboxylic acid groups (broad SMARTS) is 1. The van der Waals surface area contributed by atoms with Crippen LogP contribution in [-0.4, -0.2) is 33.3 Å². The molecule has 3 atom stereocenters. The maximum atomic E-state index is 12.8. The number of hydrogen-bond acceptors (Lipinski definition) is 4. The monoisotopic (exact) mass is 454 g/mol. The van der Waals surface area contributed by atoms with Crippen LogP contribution in [0.25, 0.3) is 10.2 Å². The van der Waals surface area contributed by atoms with Gasteiger partial charge in [-0.15, -0.1) is 23.1 Å². The first-order chi connectivity index (χ1) is 13.3. The van der Waals surface area contributed by atoms with Crippen molar-refractivity contribution in [3.8, 4) is 0 Å². The number of halogens is 2. The van der Waals surface area contributed by atoms with Gasteiger partial charge < -0.3 is 15.4 Å². The molecule has 1 amide bonds. The Kier molecular flexibility index (Phi) is 5.35. The first kappa shape index (κ1) is 19.6. The van der Waals surface area contributed by atoms with Crippen LogP contribution in [-0.2, 0) is 11.2 Å². The van der Waals surface area contributed by atoms with Crippen molar-refractivity contribution in [2.75, 3.05) is 0 Å². The molecule has 0 spiro atoms. The second-order valence-electron chi connectivity index (χ2n) is 6.63. The van der Waals surface area contributed by atoms with Crippen LogP contribution in [0, 0.1) is 0 Å². The van der Waals surface area contributed by atoms with E-state index in [1.807, 2.05) is 24.3 Å². The summed E-state index contributed by atoms with van der Waals surface area (Å²) in [5, 5.41) is 12.1. The van der Waals surface area contributed by atoms with Gasteiger partial charge in [0.25, 0.3) is 5.91 Å². The van der Waals surface area contributed by atoms with E-state index in [1.165, 1.54) is 23.1 Å². The highest BCUT2D eigenvalue weighted by Gasteiger charge is 2.36. The lowest BCUT2D eigenvalue weighted by atomic mass is 10.1. The van der Waals surface area contributed by atoms with Gasteiger partial charge in [-0.05, 0) is 30.5 Å². The topological polar surface area (TPSA) is 82.2 Å². The molecule has 0 radical (unpaired) electrons. The quantitative estimate of drug-likeness (QED) is 0.498. The summed E-state index contributed by atoms with van der Waals surface area (Å²) in [5.41, 5.74) is 3.27. The molecule has 1 aliphatic rings. The van der Waals surface area contributed by atoms with E-state index in [0.717, 1.165) is 15.8 Å². The number of hydrogen-bond donors (Lipinski definition) is 3. The van der Waals surface area contributed by atoms with Crippen molar-refractivity contribution in [2.45, 2.75) is 29.9 Å². The molecule has 146 valence electrons. The van der Waals surface area contributed by atoms with E-state index in [2.05, 4.69) is 10.3 Å². The fourth-order valence-corrected chi connectivity index (χ4v) is 6.19. The van der Waals surface area contributed by atoms with Crippen LogP contribution in [0.2, 0.25) is 9.36 Å². The average Bonchev–Trinajstić information content (AvgIpc) is 3.29. The number of fused-ring (bicyclic) bond motifs is 2. The Morgan fingerprint density at radius 3 is 2.82 bits per heavy atom. The summed E-state index contributed by atoms with van der Waals surface area (Å²) < 4.78 is 1.31. The lowest BCUT2D eigenvalue weighted by Crippen LogP contribution is -2.37. The van der Waals surface area contributed by atoms with Crippen LogP contribution in [0.5, 0.6) is 0 Å². The molecule has 4 rings (SSSR count). The van der Waals surface area contributed by atoms with Gasteiger partial charge in [0.15, 0.2) is 0 Å². The zero-order valence-corrected chi connectivity index (χ0v) is 17.8. The minimum Gasteiger partial charge on any atom is -0.480 e. The molecule has 0 bridgehead atoms. The minimum absolute atomic E-state index is 0.125. The number of aromatic amines is 1. The molecule has 3 N–H and O–H groups in total. The third-order valence-electron chi connectivity index (χ3n) is 4.80. The number of benzene rings is 1. The highest BCUT2D eigenvalue weighted by molar-refractivity contribution is 8.00. The van der Waals surface area contributed by atoms with Crippen LogP contribution in [0.4, 0.5) is 0 Å². The van der Waals surface area contributed by atoms with Gasteiger partial charge in [-0.2, -0.15) is 0 Å². The Hall–Kier alpha value is -1.67. The van der Waals surface area contributed by atoms with Gasteiger partial charge in [0.1, 0.15) is 15.3 Å². The number of thiophene rings is 1. The summed E-state index contributed by atoms with van der Waals surface area (Å²) in [7, 11) is 0. The van der Waals surface area contributed by atoms with Gasteiger partial charge in [-0.1, -0.05) is 47.5 Å². The Bertz CT molecular complexity index is 1080. The summed E-state index contributed by atoms with van der Waals surface area (Å²) >= 11 is 14.8. The molecule has 1 aliphatic carbocycles. The summed E-state index contributed by atoms with van der Waals surface area (Å²) in [6.45, 7) is 1.66. The number of amides is 1. The third-order valence-corrected chi connectivity index (χ3v) is 8.22. The van der Waals surface area contributed by atoms with E-state index >= 15 is 0 Å². The van der Waals surface area contributed by atoms with Gasteiger partial charge >= 0.3 is 5.97 Å². The standard InChI is InChI=1S/C19H16Cl2N2O3S2/c1-8(19(25)26)27-16-10-5-3-2-4-9(10)6-11(16)23-18(24)12-7-13-15(22-12)14(20)17(21)28-13/h2-5,7-8,11,16,22H,6H2,1H3,(H,23,24)(H,25,26)/t8-,11-,16-/m1/s1. The van der Waals surface area contributed by atoms with Crippen molar-refractivity contribution >= 4 is 68.4 Å². The Morgan fingerprint density at radius 2 is 2.11 bits per heavy atom. The van der Waals surface area contributed by atoms with Gasteiger partial charge in [0.05, 0.1) is 20.5 Å². The highest BCUT2D eigenvalue weighted by Crippen LogP contribution is 2.43. The molecule has 0 saturated heterocycles. The van der Waals surface area contributed by atoms with Crippen molar-refractivity contribution in [3.63, 3.8) is 0 Å². The predicted octanol–water partition coefficient (Wildman–Crippen LogP) is 5.14. The largest absolute Gasteiger partial charge is 0.480 e. The lowest BCUT2D eigenvalue weighted by molar-refractivity contribution is -0.136. The molecule has 28 heavy (non-hydrogen) atoms. The zero-order chi connectivity index (χ0) is 20.0.